The van der Waals surface area contributed by atoms with E-state index in [4.69, 9.17) is 0 Å². The topological polar surface area (TPSA) is 58.2 Å². The van der Waals surface area contributed by atoms with Gasteiger partial charge in [-0.15, -0.1) is 23.1 Å². The largest absolute Gasteiger partial charge is 0.354 e. The molecule has 6 heteroatoms. The predicted molar refractivity (Wildman–Crippen MR) is 112 cm³/mol. The molecule has 0 atom stereocenters. The van der Waals surface area contributed by atoms with Crippen molar-refractivity contribution in [2.24, 2.45) is 5.92 Å². The first-order valence-electron chi connectivity index (χ1n) is 9.54. The Labute approximate surface area is 169 Å². The van der Waals surface area contributed by atoms with E-state index in [1.807, 2.05) is 30.3 Å². The summed E-state index contributed by atoms with van der Waals surface area (Å²) in [5.41, 5.74) is 0.692. The highest BCUT2D eigenvalue weighted by Gasteiger charge is 2.20. The maximum absolute atomic E-state index is 12.5. The summed E-state index contributed by atoms with van der Waals surface area (Å²) in [5, 5.41) is 7.95. The van der Waals surface area contributed by atoms with Gasteiger partial charge < -0.3 is 10.6 Å². The van der Waals surface area contributed by atoms with Crippen molar-refractivity contribution >= 4 is 34.9 Å². The Balaban J connectivity index is 1.44. The van der Waals surface area contributed by atoms with Gasteiger partial charge in [-0.1, -0.05) is 37.5 Å². The highest BCUT2D eigenvalue weighted by molar-refractivity contribution is 7.98. The molecule has 2 amide bonds. The molecule has 1 aromatic heterocycles. The van der Waals surface area contributed by atoms with Crippen LogP contribution in [-0.2, 0) is 10.5 Å². The molecule has 0 radical (unpaired) electrons. The number of thiophene rings is 1. The molecule has 0 bridgehead atoms. The number of nitrogens with one attached hydrogen (secondary N) is 2. The van der Waals surface area contributed by atoms with E-state index in [2.05, 4.69) is 22.1 Å². The van der Waals surface area contributed by atoms with Gasteiger partial charge in [0.05, 0.1) is 5.56 Å². The number of thioether (sulfide) groups is 1. The average Bonchev–Trinajstić information content (AvgIpc) is 3.24. The summed E-state index contributed by atoms with van der Waals surface area (Å²) in [7, 11) is 0. The zero-order valence-electron chi connectivity index (χ0n) is 15.4. The second-order valence-electron chi connectivity index (χ2n) is 6.75. The number of rotatable bonds is 8. The second kappa shape index (κ2) is 10.5. The van der Waals surface area contributed by atoms with Crippen LogP contribution in [0.5, 0.6) is 0 Å². The van der Waals surface area contributed by atoms with Crippen LogP contribution in [0.25, 0.3) is 0 Å². The van der Waals surface area contributed by atoms with E-state index in [9.17, 15) is 9.59 Å². The molecule has 1 aliphatic rings. The van der Waals surface area contributed by atoms with E-state index in [1.54, 1.807) is 23.1 Å². The third-order valence-electron chi connectivity index (χ3n) is 4.77. The third-order valence-corrected chi connectivity index (χ3v) is 6.95. The molecule has 0 saturated heterocycles. The van der Waals surface area contributed by atoms with Crippen molar-refractivity contribution in [3.63, 3.8) is 0 Å². The van der Waals surface area contributed by atoms with Crippen LogP contribution in [0.3, 0.4) is 0 Å². The van der Waals surface area contributed by atoms with Crippen molar-refractivity contribution in [2.45, 2.75) is 42.8 Å². The van der Waals surface area contributed by atoms with Gasteiger partial charge in [-0.25, -0.2) is 0 Å². The summed E-state index contributed by atoms with van der Waals surface area (Å²) >= 11 is 3.40. The highest BCUT2D eigenvalue weighted by Crippen LogP contribution is 2.28. The number of amides is 2. The Morgan fingerprint density at radius 3 is 2.56 bits per heavy atom. The van der Waals surface area contributed by atoms with Gasteiger partial charge in [0.1, 0.15) is 0 Å². The summed E-state index contributed by atoms with van der Waals surface area (Å²) < 4.78 is 0. The van der Waals surface area contributed by atoms with Crippen LogP contribution < -0.4 is 10.6 Å². The molecule has 1 saturated carbocycles. The molecule has 0 spiro atoms. The van der Waals surface area contributed by atoms with Gasteiger partial charge >= 0.3 is 0 Å². The lowest BCUT2D eigenvalue weighted by molar-refractivity contribution is -0.125. The SMILES string of the molecule is O=C(NCCNC(=O)C1CCCCC1)c1ccccc1SCc1cccs1. The lowest BCUT2D eigenvalue weighted by atomic mass is 9.89. The van der Waals surface area contributed by atoms with Crippen LogP contribution in [0.1, 0.15) is 47.3 Å². The minimum absolute atomic E-state index is 0.0869. The van der Waals surface area contributed by atoms with Crippen LogP contribution in [0, 0.1) is 5.92 Å². The number of carbonyl (C=O) groups is 2. The Hall–Kier alpha value is -1.79. The number of hydrogen-bond acceptors (Lipinski definition) is 4. The fraction of sp³-hybridized carbons (Fsp3) is 0.429. The smallest absolute Gasteiger partial charge is 0.252 e. The Morgan fingerprint density at radius 1 is 1.00 bits per heavy atom. The Kier molecular flexibility index (Phi) is 7.78. The van der Waals surface area contributed by atoms with Gasteiger partial charge in [0.15, 0.2) is 0 Å². The van der Waals surface area contributed by atoms with E-state index in [0.717, 1.165) is 36.3 Å². The molecule has 1 fully saturated rings. The lowest BCUT2D eigenvalue weighted by Gasteiger charge is -2.20. The molecule has 2 aromatic rings. The molecule has 0 aliphatic heterocycles. The van der Waals surface area contributed by atoms with E-state index in [1.165, 1.54) is 11.3 Å². The average molecular weight is 403 g/mol. The van der Waals surface area contributed by atoms with Crippen LogP contribution >= 0.6 is 23.1 Å². The zero-order chi connectivity index (χ0) is 18.9. The quantitative estimate of drug-likeness (QED) is 0.506. The first-order valence-corrected chi connectivity index (χ1v) is 11.4. The first kappa shape index (κ1) is 20.0. The second-order valence-corrected chi connectivity index (χ2v) is 8.80. The predicted octanol–water partition coefficient (Wildman–Crippen LogP) is 4.47. The van der Waals surface area contributed by atoms with Crippen molar-refractivity contribution in [1.82, 2.24) is 10.6 Å². The van der Waals surface area contributed by atoms with Gasteiger partial charge in [0.2, 0.25) is 5.91 Å². The zero-order valence-corrected chi connectivity index (χ0v) is 17.0. The van der Waals surface area contributed by atoms with E-state index in [-0.39, 0.29) is 17.7 Å². The highest BCUT2D eigenvalue weighted by atomic mass is 32.2. The normalized spacial score (nSPS) is 14.7. The van der Waals surface area contributed by atoms with Crippen LogP contribution in [0.4, 0.5) is 0 Å². The molecular formula is C21H26N2O2S2. The van der Waals surface area contributed by atoms with Crippen LogP contribution in [-0.4, -0.2) is 24.9 Å². The maximum atomic E-state index is 12.5. The van der Waals surface area contributed by atoms with Crippen molar-refractivity contribution in [1.29, 1.82) is 0 Å². The van der Waals surface area contributed by atoms with Crippen LogP contribution in [0.2, 0.25) is 0 Å². The summed E-state index contributed by atoms with van der Waals surface area (Å²) in [5.74, 6) is 1.07. The van der Waals surface area contributed by atoms with E-state index >= 15 is 0 Å². The molecule has 0 unspecified atom stereocenters. The standard InChI is InChI=1S/C21H26N2O2S2/c24-20(16-7-2-1-3-8-16)22-12-13-23-21(25)18-10-4-5-11-19(18)27-15-17-9-6-14-26-17/h4-6,9-11,14,16H,1-3,7-8,12-13,15H2,(H,22,24)(H,23,25). The molecule has 1 heterocycles. The van der Waals surface area contributed by atoms with Gasteiger partial charge in [-0.3, -0.25) is 9.59 Å². The van der Waals surface area contributed by atoms with E-state index < -0.39 is 0 Å². The van der Waals surface area contributed by atoms with Crippen LogP contribution in [0.15, 0.2) is 46.7 Å². The van der Waals surface area contributed by atoms with Gasteiger partial charge in [0, 0.05) is 34.5 Å². The van der Waals surface area contributed by atoms with Crippen molar-refractivity contribution in [2.75, 3.05) is 13.1 Å². The maximum Gasteiger partial charge on any atom is 0.252 e. The molecule has 1 aliphatic carbocycles. The monoisotopic (exact) mass is 402 g/mol. The van der Waals surface area contributed by atoms with Crippen molar-refractivity contribution < 1.29 is 9.59 Å². The minimum Gasteiger partial charge on any atom is -0.354 e. The van der Waals surface area contributed by atoms with Gasteiger partial charge in [-0.05, 0) is 36.4 Å². The van der Waals surface area contributed by atoms with Crippen molar-refractivity contribution in [3.05, 3.63) is 52.2 Å². The molecule has 1 aromatic carbocycles. The minimum atomic E-state index is -0.0869. The molecule has 144 valence electrons. The van der Waals surface area contributed by atoms with Gasteiger partial charge in [-0.2, -0.15) is 0 Å². The van der Waals surface area contributed by atoms with E-state index in [0.29, 0.717) is 18.7 Å². The molecule has 27 heavy (non-hydrogen) atoms. The number of carbonyl (C=O) groups excluding carboxylic acids is 2. The third kappa shape index (κ3) is 6.11. The number of hydrogen-bond donors (Lipinski definition) is 2. The first-order chi connectivity index (χ1) is 13.2. The molecular weight excluding hydrogens is 376 g/mol. The fourth-order valence-corrected chi connectivity index (χ4v) is 5.11. The van der Waals surface area contributed by atoms with Gasteiger partial charge in [0.25, 0.3) is 5.91 Å². The lowest BCUT2D eigenvalue weighted by Crippen LogP contribution is -2.38. The molecule has 4 nitrogen and oxygen atoms in total. The molecule has 2 N–H and O–H groups in total. The Morgan fingerprint density at radius 2 is 1.78 bits per heavy atom. The summed E-state index contributed by atoms with van der Waals surface area (Å²) in [6.45, 7) is 0.923. The summed E-state index contributed by atoms with van der Waals surface area (Å²) in [4.78, 5) is 27.0. The number of benzene rings is 1. The summed E-state index contributed by atoms with van der Waals surface area (Å²) in [6, 6.07) is 11.8. The summed E-state index contributed by atoms with van der Waals surface area (Å²) in [6.07, 6.45) is 5.52. The van der Waals surface area contributed by atoms with Crippen molar-refractivity contribution in [3.8, 4) is 0 Å². The Bertz CT molecular complexity index is 740. The fourth-order valence-electron chi connectivity index (χ4n) is 3.29. The molecule has 3 rings (SSSR count).